The maximum atomic E-state index is 5.41. The number of hydrogen-bond donors (Lipinski definition) is 1. The molecule has 6 nitrogen and oxygen atoms in total. The van der Waals surface area contributed by atoms with Crippen molar-refractivity contribution in [1.29, 1.82) is 0 Å². The smallest absolute Gasteiger partial charge is 0.128 e. The average molecular weight is 275 g/mol. The van der Waals surface area contributed by atoms with Crippen LogP contribution in [-0.2, 0) is 13.1 Å². The predicted molar refractivity (Wildman–Crippen MR) is 76.6 cm³/mol. The summed E-state index contributed by atoms with van der Waals surface area (Å²) in [5.41, 5.74) is 3.21. The molecule has 20 heavy (non-hydrogen) atoms. The summed E-state index contributed by atoms with van der Waals surface area (Å²) in [5.74, 6) is 0.930. The lowest BCUT2D eigenvalue weighted by Gasteiger charge is -2.12. The number of hydrogen-bond acceptors (Lipinski definition) is 5. The van der Waals surface area contributed by atoms with Crippen molar-refractivity contribution in [3.05, 3.63) is 35.4 Å². The molecule has 0 spiro atoms. The van der Waals surface area contributed by atoms with E-state index in [1.807, 2.05) is 30.9 Å². The lowest BCUT2D eigenvalue weighted by molar-refractivity contribution is 0.406. The van der Waals surface area contributed by atoms with Crippen LogP contribution in [0.2, 0.25) is 0 Å². The van der Waals surface area contributed by atoms with Crippen LogP contribution in [0.4, 0.5) is 0 Å². The van der Waals surface area contributed by atoms with Crippen LogP contribution in [0, 0.1) is 13.8 Å². The number of nitrogens with zero attached hydrogens (tertiary/aromatic N) is 4. The maximum Gasteiger partial charge on any atom is 0.128 e. The molecule has 0 aliphatic heterocycles. The van der Waals surface area contributed by atoms with E-state index in [4.69, 9.17) is 4.74 Å². The van der Waals surface area contributed by atoms with Crippen LogP contribution in [0.5, 0.6) is 5.75 Å². The van der Waals surface area contributed by atoms with Crippen molar-refractivity contribution < 1.29 is 4.74 Å². The molecule has 0 radical (unpaired) electrons. The second-order valence-corrected chi connectivity index (χ2v) is 4.74. The van der Waals surface area contributed by atoms with Crippen molar-refractivity contribution in [3.63, 3.8) is 0 Å². The van der Waals surface area contributed by atoms with Crippen LogP contribution in [0.1, 0.15) is 23.2 Å². The SMILES string of the molecule is COc1c(C)cnc(CNCCCn2ccnn2)c1C. The maximum absolute atomic E-state index is 5.41. The highest BCUT2D eigenvalue weighted by molar-refractivity contribution is 5.40. The van der Waals surface area contributed by atoms with Gasteiger partial charge in [-0.2, -0.15) is 0 Å². The fourth-order valence-corrected chi connectivity index (χ4v) is 2.17. The van der Waals surface area contributed by atoms with E-state index >= 15 is 0 Å². The predicted octanol–water partition coefficient (Wildman–Crippen LogP) is 1.48. The topological polar surface area (TPSA) is 64.9 Å². The van der Waals surface area contributed by atoms with Gasteiger partial charge in [-0.05, 0) is 26.8 Å². The summed E-state index contributed by atoms with van der Waals surface area (Å²) < 4.78 is 7.24. The molecule has 0 amide bonds. The second-order valence-electron chi connectivity index (χ2n) is 4.74. The summed E-state index contributed by atoms with van der Waals surface area (Å²) in [7, 11) is 1.70. The molecule has 108 valence electrons. The zero-order valence-electron chi connectivity index (χ0n) is 12.3. The molecule has 0 aliphatic carbocycles. The van der Waals surface area contributed by atoms with Gasteiger partial charge in [0.1, 0.15) is 5.75 Å². The fraction of sp³-hybridized carbons (Fsp3) is 0.500. The van der Waals surface area contributed by atoms with Crippen LogP contribution in [-0.4, -0.2) is 33.6 Å². The van der Waals surface area contributed by atoms with Crippen LogP contribution in [0.15, 0.2) is 18.6 Å². The molecule has 2 aromatic rings. The van der Waals surface area contributed by atoms with Gasteiger partial charge in [-0.25, -0.2) is 0 Å². The number of aromatic nitrogens is 4. The average Bonchev–Trinajstić information content (AvgIpc) is 2.94. The number of ether oxygens (including phenoxy) is 1. The lowest BCUT2D eigenvalue weighted by Crippen LogP contribution is -2.18. The summed E-state index contributed by atoms with van der Waals surface area (Å²) in [6.07, 6.45) is 6.43. The number of rotatable bonds is 7. The van der Waals surface area contributed by atoms with E-state index in [1.165, 1.54) is 0 Å². The van der Waals surface area contributed by atoms with Gasteiger partial charge in [-0.3, -0.25) is 9.67 Å². The Bertz CT molecular complexity index is 539. The third-order valence-corrected chi connectivity index (χ3v) is 3.25. The number of aryl methyl sites for hydroxylation is 2. The molecule has 0 bridgehead atoms. The number of methoxy groups -OCH3 is 1. The normalized spacial score (nSPS) is 10.8. The molecular formula is C14H21N5O. The third kappa shape index (κ3) is 3.54. The van der Waals surface area contributed by atoms with E-state index in [9.17, 15) is 0 Å². The molecule has 2 heterocycles. The van der Waals surface area contributed by atoms with Crippen LogP contribution >= 0.6 is 0 Å². The van der Waals surface area contributed by atoms with Gasteiger partial charge in [0.25, 0.3) is 0 Å². The molecule has 1 N–H and O–H groups in total. The summed E-state index contributed by atoms with van der Waals surface area (Å²) in [6, 6.07) is 0. The third-order valence-electron chi connectivity index (χ3n) is 3.25. The molecule has 0 aliphatic rings. The molecule has 0 unspecified atom stereocenters. The number of pyridine rings is 1. The minimum absolute atomic E-state index is 0.750. The van der Waals surface area contributed by atoms with Crippen molar-refractivity contribution >= 4 is 0 Å². The van der Waals surface area contributed by atoms with Gasteiger partial charge in [-0.1, -0.05) is 5.21 Å². The van der Waals surface area contributed by atoms with Gasteiger partial charge in [0.2, 0.25) is 0 Å². The quantitative estimate of drug-likeness (QED) is 0.775. The molecular weight excluding hydrogens is 254 g/mol. The largest absolute Gasteiger partial charge is 0.496 e. The van der Waals surface area contributed by atoms with Crippen molar-refractivity contribution in [3.8, 4) is 5.75 Å². The Labute approximate surface area is 119 Å². The zero-order valence-corrected chi connectivity index (χ0v) is 12.3. The molecule has 0 atom stereocenters. The van der Waals surface area contributed by atoms with Gasteiger partial charge in [-0.15, -0.1) is 5.10 Å². The van der Waals surface area contributed by atoms with Crippen molar-refractivity contribution in [2.45, 2.75) is 33.4 Å². The van der Waals surface area contributed by atoms with Crippen molar-refractivity contribution in [2.24, 2.45) is 0 Å². The Morgan fingerprint density at radius 1 is 1.35 bits per heavy atom. The van der Waals surface area contributed by atoms with Gasteiger partial charge in [0, 0.05) is 36.6 Å². The van der Waals surface area contributed by atoms with E-state index in [-0.39, 0.29) is 0 Å². The first-order valence-corrected chi connectivity index (χ1v) is 6.76. The fourth-order valence-electron chi connectivity index (χ4n) is 2.17. The van der Waals surface area contributed by atoms with Gasteiger partial charge >= 0.3 is 0 Å². The van der Waals surface area contributed by atoms with E-state index in [2.05, 4.69) is 20.6 Å². The zero-order chi connectivity index (χ0) is 14.4. The highest BCUT2D eigenvalue weighted by Gasteiger charge is 2.08. The Hall–Kier alpha value is -1.95. The minimum atomic E-state index is 0.750. The van der Waals surface area contributed by atoms with Crippen molar-refractivity contribution in [2.75, 3.05) is 13.7 Å². The Balaban J connectivity index is 1.79. The van der Waals surface area contributed by atoms with Crippen LogP contribution in [0.3, 0.4) is 0 Å². The second kappa shape index (κ2) is 7.00. The van der Waals surface area contributed by atoms with Crippen LogP contribution in [0.25, 0.3) is 0 Å². The Morgan fingerprint density at radius 2 is 2.20 bits per heavy atom. The van der Waals surface area contributed by atoms with E-state index in [0.717, 1.165) is 48.6 Å². The summed E-state index contributed by atoms with van der Waals surface area (Å²) >= 11 is 0. The standard InChI is InChI=1S/C14H21N5O/c1-11-9-16-13(12(2)14(11)20-3)10-15-5-4-7-19-8-6-17-18-19/h6,8-9,15H,4-5,7,10H2,1-3H3. The molecule has 0 saturated carbocycles. The monoisotopic (exact) mass is 275 g/mol. The first-order chi connectivity index (χ1) is 9.72. The van der Waals surface area contributed by atoms with Gasteiger partial charge < -0.3 is 10.1 Å². The molecule has 0 fully saturated rings. The first-order valence-electron chi connectivity index (χ1n) is 6.76. The lowest BCUT2D eigenvalue weighted by atomic mass is 10.1. The Kier molecular flexibility index (Phi) is 5.06. The summed E-state index contributed by atoms with van der Waals surface area (Å²) in [4.78, 5) is 4.46. The molecule has 0 saturated heterocycles. The highest BCUT2D eigenvalue weighted by atomic mass is 16.5. The molecule has 0 aromatic carbocycles. The summed E-state index contributed by atoms with van der Waals surface area (Å²) in [6.45, 7) is 6.59. The van der Waals surface area contributed by atoms with Crippen molar-refractivity contribution in [1.82, 2.24) is 25.3 Å². The number of nitrogens with one attached hydrogen (secondary N) is 1. The molecule has 6 heteroatoms. The highest BCUT2D eigenvalue weighted by Crippen LogP contribution is 2.23. The van der Waals surface area contributed by atoms with E-state index < -0.39 is 0 Å². The van der Waals surface area contributed by atoms with E-state index in [1.54, 1.807) is 13.3 Å². The van der Waals surface area contributed by atoms with Crippen LogP contribution < -0.4 is 10.1 Å². The Morgan fingerprint density at radius 3 is 2.90 bits per heavy atom. The first kappa shape index (κ1) is 14.5. The van der Waals surface area contributed by atoms with Gasteiger partial charge in [0.05, 0.1) is 19.0 Å². The molecule has 2 aromatic heterocycles. The van der Waals surface area contributed by atoms with Gasteiger partial charge in [0.15, 0.2) is 0 Å². The van der Waals surface area contributed by atoms with E-state index in [0.29, 0.717) is 0 Å². The minimum Gasteiger partial charge on any atom is -0.496 e. The summed E-state index contributed by atoms with van der Waals surface area (Å²) in [5, 5.41) is 11.1. The molecule has 2 rings (SSSR count).